The Morgan fingerprint density at radius 2 is 1.81 bits per heavy atom. The van der Waals surface area contributed by atoms with E-state index in [-0.39, 0.29) is 17.8 Å². The van der Waals surface area contributed by atoms with Gasteiger partial charge in [0.15, 0.2) is 0 Å². The van der Waals surface area contributed by atoms with Crippen molar-refractivity contribution in [2.45, 2.75) is 52.7 Å². The van der Waals surface area contributed by atoms with Gasteiger partial charge in [0.2, 0.25) is 0 Å². The maximum Gasteiger partial charge on any atom is 0.309 e. The Bertz CT molecular complexity index is 1080. The van der Waals surface area contributed by atoms with Crippen LogP contribution in [0.2, 0.25) is 0 Å². The number of esters is 1. The second kappa shape index (κ2) is 8.32. The van der Waals surface area contributed by atoms with Crippen molar-refractivity contribution >= 4 is 17.6 Å². The standard InChI is InChI=1S/C28H30O3/c1-18-13-19(2)15-21(14-18)27-24-8-6-5-7-20(24)11-12-28(3,4)25(27)10-9-23-16-22(29)17-26(30)31-23/h5-15,22-23,29H,16-17H2,1-4H3/t22-,23-/m0/s1. The molecule has 0 saturated carbocycles. The fourth-order valence-electron chi connectivity index (χ4n) is 4.58. The van der Waals surface area contributed by atoms with Crippen molar-refractivity contribution in [1.29, 1.82) is 0 Å². The highest BCUT2D eigenvalue weighted by molar-refractivity contribution is 5.90. The van der Waals surface area contributed by atoms with Gasteiger partial charge in [0.1, 0.15) is 6.10 Å². The highest BCUT2D eigenvalue weighted by Gasteiger charge is 2.29. The number of allylic oxidation sites excluding steroid dienone is 3. The predicted octanol–water partition coefficient (Wildman–Crippen LogP) is 5.78. The number of fused-ring (bicyclic) bond motifs is 1. The quantitative estimate of drug-likeness (QED) is 0.648. The molecule has 3 nitrogen and oxygen atoms in total. The molecule has 1 aliphatic heterocycles. The summed E-state index contributed by atoms with van der Waals surface area (Å²) in [5, 5.41) is 10.00. The molecule has 2 aromatic rings. The number of aliphatic hydroxyl groups is 1. The summed E-state index contributed by atoms with van der Waals surface area (Å²) in [5.41, 5.74) is 8.13. The van der Waals surface area contributed by atoms with Crippen LogP contribution in [0.5, 0.6) is 0 Å². The Hall–Kier alpha value is -2.91. The van der Waals surface area contributed by atoms with Crippen molar-refractivity contribution in [2.75, 3.05) is 0 Å². The average Bonchev–Trinajstić information content (AvgIpc) is 2.79. The average molecular weight is 415 g/mol. The van der Waals surface area contributed by atoms with E-state index >= 15 is 0 Å². The van der Waals surface area contributed by atoms with Gasteiger partial charge in [-0.05, 0) is 47.8 Å². The fraction of sp³-hybridized carbons (Fsp3) is 0.321. The molecule has 1 saturated heterocycles. The summed E-state index contributed by atoms with van der Waals surface area (Å²) in [7, 11) is 0. The van der Waals surface area contributed by atoms with E-state index in [4.69, 9.17) is 4.74 Å². The Morgan fingerprint density at radius 3 is 2.52 bits per heavy atom. The largest absolute Gasteiger partial charge is 0.458 e. The molecular weight excluding hydrogens is 384 g/mol. The number of carbonyl (C=O) groups excluding carboxylic acids is 1. The van der Waals surface area contributed by atoms with Crippen molar-refractivity contribution in [1.82, 2.24) is 0 Å². The number of ether oxygens (including phenoxy) is 1. The van der Waals surface area contributed by atoms with Gasteiger partial charge in [-0.2, -0.15) is 0 Å². The summed E-state index contributed by atoms with van der Waals surface area (Å²) in [6, 6.07) is 15.1. The molecule has 0 spiro atoms. The lowest BCUT2D eigenvalue weighted by molar-refractivity contribution is -0.156. The first-order valence-electron chi connectivity index (χ1n) is 10.9. The second-order valence-corrected chi connectivity index (χ2v) is 9.29. The second-order valence-electron chi connectivity index (χ2n) is 9.29. The van der Waals surface area contributed by atoms with E-state index in [1.165, 1.54) is 33.4 Å². The van der Waals surface area contributed by atoms with Crippen LogP contribution >= 0.6 is 0 Å². The van der Waals surface area contributed by atoms with Crippen LogP contribution in [0.4, 0.5) is 0 Å². The van der Waals surface area contributed by atoms with Gasteiger partial charge in [-0.3, -0.25) is 4.79 Å². The number of cyclic esters (lactones) is 1. The van der Waals surface area contributed by atoms with Crippen LogP contribution in [0, 0.1) is 19.3 Å². The van der Waals surface area contributed by atoms with Gasteiger partial charge in [0.25, 0.3) is 0 Å². The first kappa shape index (κ1) is 21.3. The molecule has 1 fully saturated rings. The predicted molar refractivity (Wildman–Crippen MR) is 125 cm³/mol. The van der Waals surface area contributed by atoms with Crippen molar-refractivity contribution in [3.05, 3.63) is 94.1 Å². The monoisotopic (exact) mass is 414 g/mol. The Balaban J connectivity index is 1.92. The molecule has 1 N–H and O–H groups in total. The molecule has 2 aliphatic rings. The molecule has 0 aromatic heterocycles. The lowest BCUT2D eigenvalue weighted by Gasteiger charge is -2.27. The van der Waals surface area contributed by atoms with Crippen molar-refractivity contribution < 1.29 is 14.6 Å². The summed E-state index contributed by atoms with van der Waals surface area (Å²) < 4.78 is 5.47. The number of rotatable bonds is 3. The number of carbonyl (C=O) groups is 1. The lowest BCUT2D eigenvalue weighted by Crippen LogP contribution is -2.31. The highest BCUT2D eigenvalue weighted by Crippen LogP contribution is 2.43. The van der Waals surface area contributed by atoms with Crippen LogP contribution in [0.15, 0.2) is 66.3 Å². The molecule has 0 amide bonds. The molecule has 2 atom stereocenters. The van der Waals surface area contributed by atoms with E-state index < -0.39 is 12.2 Å². The zero-order chi connectivity index (χ0) is 22.2. The van der Waals surface area contributed by atoms with E-state index in [1.807, 2.05) is 6.08 Å². The van der Waals surface area contributed by atoms with Crippen LogP contribution in [0.25, 0.3) is 11.6 Å². The molecule has 1 heterocycles. The van der Waals surface area contributed by atoms with E-state index in [0.717, 1.165) is 5.57 Å². The number of hydrogen-bond donors (Lipinski definition) is 1. The van der Waals surface area contributed by atoms with Gasteiger partial charge < -0.3 is 9.84 Å². The van der Waals surface area contributed by atoms with E-state index in [1.54, 1.807) is 0 Å². The lowest BCUT2D eigenvalue weighted by atomic mass is 9.78. The topological polar surface area (TPSA) is 46.5 Å². The Labute approximate surface area is 184 Å². The molecule has 3 heteroatoms. The van der Waals surface area contributed by atoms with E-state index in [9.17, 15) is 9.90 Å². The van der Waals surface area contributed by atoms with Crippen LogP contribution in [-0.2, 0) is 9.53 Å². The normalized spacial score (nSPS) is 22.9. The fourth-order valence-corrected chi connectivity index (χ4v) is 4.58. The molecule has 0 unspecified atom stereocenters. The Kier molecular flexibility index (Phi) is 5.72. The number of aryl methyl sites for hydroxylation is 2. The van der Waals surface area contributed by atoms with E-state index in [0.29, 0.717) is 6.42 Å². The van der Waals surface area contributed by atoms with Crippen LogP contribution in [0.1, 0.15) is 54.5 Å². The van der Waals surface area contributed by atoms with Crippen molar-refractivity contribution in [3.8, 4) is 0 Å². The minimum absolute atomic E-state index is 0.0719. The van der Waals surface area contributed by atoms with Crippen LogP contribution in [-0.4, -0.2) is 23.3 Å². The van der Waals surface area contributed by atoms with Gasteiger partial charge in [-0.1, -0.05) is 85.7 Å². The van der Waals surface area contributed by atoms with Gasteiger partial charge in [-0.15, -0.1) is 0 Å². The third-order valence-corrected chi connectivity index (χ3v) is 6.05. The Morgan fingerprint density at radius 1 is 1.10 bits per heavy atom. The number of benzene rings is 2. The third-order valence-electron chi connectivity index (χ3n) is 6.05. The number of hydrogen-bond acceptors (Lipinski definition) is 3. The van der Waals surface area contributed by atoms with Gasteiger partial charge >= 0.3 is 5.97 Å². The molecule has 160 valence electrons. The summed E-state index contributed by atoms with van der Waals surface area (Å²) in [4.78, 5) is 11.8. The SMILES string of the molecule is Cc1cc(C)cc(C2=C(C=C[C@H]3C[C@H](O)CC(=O)O3)C(C)(C)C=Cc3ccccc32)c1. The summed E-state index contributed by atoms with van der Waals surface area (Å²) in [6.45, 7) is 8.67. The highest BCUT2D eigenvalue weighted by atomic mass is 16.5. The molecular formula is C28H30O3. The van der Waals surface area contributed by atoms with Crippen LogP contribution in [0.3, 0.4) is 0 Å². The number of aliphatic hydroxyl groups excluding tert-OH is 1. The first-order valence-corrected chi connectivity index (χ1v) is 10.9. The zero-order valence-electron chi connectivity index (χ0n) is 18.7. The molecule has 0 radical (unpaired) electrons. The summed E-state index contributed by atoms with van der Waals surface area (Å²) >= 11 is 0. The smallest absolute Gasteiger partial charge is 0.309 e. The summed E-state index contributed by atoms with van der Waals surface area (Å²) in [6.07, 6.45) is 7.90. The van der Waals surface area contributed by atoms with Gasteiger partial charge in [-0.25, -0.2) is 0 Å². The molecule has 4 rings (SSSR count). The first-order chi connectivity index (χ1) is 14.7. The third kappa shape index (κ3) is 4.57. The molecule has 31 heavy (non-hydrogen) atoms. The molecule has 2 aromatic carbocycles. The summed E-state index contributed by atoms with van der Waals surface area (Å²) in [5.74, 6) is -0.345. The maximum absolute atomic E-state index is 11.8. The van der Waals surface area contributed by atoms with Gasteiger partial charge in [0, 0.05) is 11.8 Å². The van der Waals surface area contributed by atoms with Gasteiger partial charge in [0.05, 0.1) is 12.5 Å². The minimum atomic E-state index is -0.647. The molecule has 1 aliphatic carbocycles. The molecule has 0 bridgehead atoms. The van der Waals surface area contributed by atoms with Crippen molar-refractivity contribution in [2.24, 2.45) is 5.41 Å². The maximum atomic E-state index is 11.8. The van der Waals surface area contributed by atoms with Crippen molar-refractivity contribution in [3.63, 3.8) is 0 Å². The minimum Gasteiger partial charge on any atom is -0.458 e. The zero-order valence-corrected chi connectivity index (χ0v) is 18.7. The van der Waals surface area contributed by atoms with E-state index in [2.05, 4.69) is 88.4 Å². The van der Waals surface area contributed by atoms with Crippen LogP contribution < -0.4 is 0 Å².